The summed E-state index contributed by atoms with van der Waals surface area (Å²) in [7, 11) is 1.99. The molecule has 2 aromatic rings. The number of hydrogen-bond acceptors (Lipinski definition) is 4. The number of piperidine rings is 1. The molecule has 1 aliphatic heterocycles. The van der Waals surface area contributed by atoms with Gasteiger partial charge in [-0.3, -0.25) is 4.79 Å². The largest absolute Gasteiger partial charge is 0.341 e. The van der Waals surface area contributed by atoms with Gasteiger partial charge in [0, 0.05) is 26.1 Å². The van der Waals surface area contributed by atoms with Crippen molar-refractivity contribution in [2.45, 2.75) is 55.0 Å². The van der Waals surface area contributed by atoms with Crippen LogP contribution < -0.4 is 0 Å². The van der Waals surface area contributed by atoms with Crippen molar-refractivity contribution in [1.29, 1.82) is 0 Å². The average molecular weight is 403 g/mol. The summed E-state index contributed by atoms with van der Waals surface area (Å²) in [6.45, 7) is 1.43. The lowest BCUT2D eigenvalue weighted by Crippen LogP contribution is -2.49. The molecule has 1 saturated carbocycles. The predicted octanol–water partition coefficient (Wildman–Crippen LogP) is 3.89. The molecule has 0 N–H and O–H groups in total. The SMILES string of the molecule is CSc1nnc(C2CCCN(C(=O)C3(c4cccc(F)c4)CCCC3)C2)n1C. The van der Waals surface area contributed by atoms with E-state index in [4.69, 9.17) is 0 Å². The van der Waals surface area contributed by atoms with Crippen LogP contribution in [0.15, 0.2) is 29.4 Å². The van der Waals surface area contributed by atoms with Crippen molar-refractivity contribution in [2.24, 2.45) is 7.05 Å². The van der Waals surface area contributed by atoms with E-state index >= 15 is 0 Å². The number of aromatic nitrogens is 3. The zero-order valence-corrected chi connectivity index (χ0v) is 17.3. The molecule has 1 atom stereocenters. The van der Waals surface area contributed by atoms with Crippen LogP contribution in [0.25, 0.3) is 0 Å². The summed E-state index contributed by atoms with van der Waals surface area (Å²) in [6, 6.07) is 6.64. The zero-order valence-electron chi connectivity index (χ0n) is 16.5. The van der Waals surface area contributed by atoms with Gasteiger partial charge in [-0.1, -0.05) is 36.7 Å². The normalized spacial score (nSPS) is 21.8. The third-order valence-electron chi connectivity index (χ3n) is 6.37. The van der Waals surface area contributed by atoms with E-state index in [9.17, 15) is 9.18 Å². The molecule has 0 spiro atoms. The molecule has 2 heterocycles. The van der Waals surface area contributed by atoms with Gasteiger partial charge >= 0.3 is 0 Å². The maximum Gasteiger partial charge on any atom is 0.233 e. The number of thioether (sulfide) groups is 1. The minimum absolute atomic E-state index is 0.160. The molecule has 1 amide bonds. The van der Waals surface area contributed by atoms with Crippen LogP contribution in [0.1, 0.15) is 55.8 Å². The Morgan fingerprint density at radius 3 is 2.71 bits per heavy atom. The standard InChI is InChI=1S/C21H27FN4OS/c1-25-18(23-24-20(25)28-2)15-7-6-12-26(14-15)19(27)21(10-3-4-11-21)16-8-5-9-17(22)13-16/h5,8-9,13,15H,3-4,6-7,10-12,14H2,1-2H3. The second-order valence-corrected chi connectivity index (χ2v) is 8.77. The van der Waals surface area contributed by atoms with Crippen LogP contribution in [0, 0.1) is 5.82 Å². The maximum absolute atomic E-state index is 13.9. The van der Waals surface area contributed by atoms with Crippen LogP contribution in [0.3, 0.4) is 0 Å². The van der Waals surface area contributed by atoms with Crippen molar-refractivity contribution < 1.29 is 9.18 Å². The number of nitrogens with zero attached hydrogens (tertiary/aromatic N) is 4. The Hall–Kier alpha value is -1.89. The summed E-state index contributed by atoms with van der Waals surface area (Å²) in [4.78, 5) is 15.7. The topological polar surface area (TPSA) is 51.0 Å². The fourth-order valence-corrected chi connectivity index (χ4v) is 5.42. The summed E-state index contributed by atoms with van der Waals surface area (Å²) in [6.07, 6.45) is 7.59. The van der Waals surface area contributed by atoms with E-state index < -0.39 is 5.41 Å². The van der Waals surface area contributed by atoms with Crippen molar-refractivity contribution in [1.82, 2.24) is 19.7 Å². The Morgan fingerprint density at radius 2 is 2.04 bits per heavy atom. The molecule has 5 nitrogen and oxygen atoms in total. The van der Waals surface area contributed by atoms with Crippen molar-refractivity contribution >= 4 is 17.7 Å². The number of hydrogen-bond donors (Lipinski definition) is 0. The van der Waals surface area contributed by atoms with Gasteiger partial charge in [0.1, 0.15) is 11.6 Å². The Bertz CT molecular complexity index is 862. The summed E-state index contributed by atoms with van der Waals surface area (Å²) in [5.74, 6) is 1.04. The molecule has 7 heteroatoms. The average Bonchev–Trinajstić information content (AvgIpc) is 3.35. The van der Waals surface area contributed by atoms with Gasteiger partial charge in [-0.05, 0) is 49.6 Å². The van der Waals surface area contributed by atoms with Crippen LogP contribution in [0.5, 0.6) is 0 Å². The number of carbonyl (C=O) groups is 1. The second kappa shape index (κ2) is 7.85. The molecular weight excluding hydrogens is 375 g/mol. The van der Waals surface area contributed by atoms with Gasteiger partial charge in [-0.2, -0.15) is 0 Å². The smallest absolute Gasteiger partial charge is 0.233 e. The van der Waals surface area contributed by atoms with Gasteiger partial charge in [0.25, 0.3) is 0 Å². The summed E-state index contributed by atoms with van der Waals surface area (Å²) in [5.41, 5.74) is 0.259. The number of carbonyl (C=O) groups excluding carboxylic acids is 1. The van der Waals surface area contributed by atoms with E-state index in [0.717, 1.165) is 61.6 Å². The van der Waals surface area contributed by atoms with Crippen LogP contribution in [0.2, 0.25) is 0 Å². The van der Waals surface area contributed by atoms with E-state index in [2.05, 4.69) is 10.2 Å². The van der Waals surface area contributed by atoms with Crippen LogP contribution in [0.4, 0.5) is 4.39 Å². The molecule has 1 saturated heterocycles. The predicted molar refractivity (Wildman–Crippen MR) is 108 cm³/mol. The fraction of sp³-hybridized carbons (Fsp3) is 0.571. The monoisotopic (exact) mass is 402 g/mol. The van der Waals surface area contributed by atoms with Crippen molar-refractivity contribution in [2.75, 3.05) is 19.3 Å². The molecule has 1 aliphatic carbocycles. The Labute approximate surface area is 169 Å². The highest BCUT2D eigenvalue weighted by Crippen LogP contribution is 2.43. The van der Waals surface area contributed by atoms with E-state index in [1.807, 2.05) is 28.8 Å². The Kier molecular flexibility index (Phi) is 5.45. The molecule has 1 aromatic heterocycles. The molecule has 28 heavy (non-hydrogen) atoms. The lowest BCUT2D eigenvalue weighted by atomic mass is 9.77. The summed E-state index contributed by atoms with van der Waals surface area (Å²) >= 11 is 1.58. The molecule has 150 valence electrons. The third kappa shape index (κ3) is 3.34. The number of amides is 1. The lowest BCUT2D eigenvalue weighted by Gasteiger charge is -2.39. The van der Waals surface area contributed by atoms with E-state index in [1.54, 1.807) is 23.9 Å². The summed E-state index contributed by atoms with van der Waals surface area (Å²) < 4.78 is 16.0. The molecule has 2 fully saturated rings. The zero-order chi connectivity index (χ0) is 19.7. The second-order valence-electron chi connectivity index (χ2n) is 7.99. The first-order valence-corrected chi connectivity index (χ1v) is 11.3. The molecular formula is C21H27FN4OS. The molecule has 1 aromatic carbocycles. The molecule has 0 radical (unpaired) electrons. The lowest BCUT2D eigenvalue weighted by molar-refractivity contribution is -0.138. The third-order valence-corrected chi connectivity index (χ3v) is 7.09. The van der Waals surface area contributed by atoms with Crippen LogP contribution >= 0.6 is 11.8 Å². The molecule has 1 unspecified atom stereocenters. The van der Waals surface area contributed by atoms with Gasteiger partial charge in [-0.25, -0.2) is 4.39 Å². The first-order chi connectivity index (χ1) is 13.5. The number of likely N-dealkylation sites (tertiary alicyclic amines) is 1. The highest BCUT2D eigenvalue weighted by atomic mass is 32.2. The maximum atomic E-state index is 13.9. The number of rotatable bonds is 4. The van der Waals surface area contributed by atoms with Gasteiger partial charge in [0.15, 0.2) is 5.16 Å². The molecule has 2 aliphatic rings. The number of benzene rings is 1. The minimum Gasteiger partial charge on any atom is -0.341 e. The highest BCUT2D eigenvalue weighted by Gasteiger charge is 2.46. The van der Waals surface area contributed by atoms with Crippen molar-refractivity contribution in [3.05, 3.63) is 41.5 Å². The Balaban J connectivity index is 1.60. The Morgan fingerprint density at radius 1 is 1.25 bits per heavy atom. The van der Waals surface area contributed by atoms with Crippen LogP contribution in [-0.4, -0.2) is 44.9 Å². The molecule has 4 rings (SSSR count). The van der Waals surface area contributed by atoms with Gasteiger partial charge in [-0.15, -0.1) is 10.2 Å². The van der Waals surface area contributed by atoms with E-state index in [1.165, 1.54) is 6.07 Å². The van der Waals surface area contributed by atoms with E-state index in [0.29, 0.717) is 6.54 Å². The summed E-state index contributed by atoms with van der Waals surface area (Å²) in [5, 5.41) is 9.55. The first-order valence-electron chi connectivity index (χ1n) is 10.0. The van der Waals surface area contributed by atoms with Crippen molar-refractivity contribution in [3.63, 3.8) is 0 Å². The van der Waals surface area contributed by atoms with E-state index in [-0.39, 0.29) is 17.6 Å². The molecule has 0 bridgehead atoms. The van der Waals surface area contributed by atoms with Gasteiger partial charge in [0.2, 0.25) is 5.91 Å². The van der Waals surface area contributed by atoms with Crippen LogP contribution in [-0.2, 0) is 17.3 Å². The van der Waals surface area contributed by atoms with Gasteiger partial charge in [0.05, 0.1) is 5.41 Å². The number of halogens is 1. The first kappa shape index (κ1) is 19.4. The minimum atomic E-state index is -0.575. The highest BCUT2D eigenvalue weighted by molar-refractivity contribution is 7.98. The van der Waals surface area contributed by atoms with Crippen molar-refractivity contribution in [3.8, 4) is 0 Å². The fourth-order valence-electron chi connectivity index (χ4n) is 4.93. The quantitative estimate of drug-likeness (QED) is 0.728. The van der Waals surface area contributed by atoms with Gasteiger partial charge < -0.3 is 9.47 Å².